The fourth-order valence-electron chi connectivity index (χ4n) is 2.00. The van der Waals surface area contributed by atoms with Crippen LogP contribution in [0.25, 0.3) is 0 Å². The van der Waals surface area contributed by atoms with Crippen molar-refractivity contribution in [2.45, 2.75) is 17.1 Å². The summed E-state index contributed by atoms with van der Waals surface area (Å²) in [6.45, 7) is 5.50. The highest BCUT2D eigenvalue weighted by atomic mass is 32.2. The van der Waals surface area contributed by atoms with Crippen molar-refractivity contribution in [3.8, 4) is 0 Å². The maximum atomic E-state index is 12.0. The molecular formula is C13H19NOS2. The number of nitrogens with zero attached hydrogens (tertiary/aromatic N) is 1. The third-order valence-electron chi connectivity index (χ3n) is 2.92. The maximum Gasteiger partial charge on any atom is 0.0542 e. The van der Waals surface area contributed by atoms with Crippen LogP contribution in [0.3, 0.4) is 0 Å². The molecular weight excluding hydrogens is 250 g/mol. The first kappa shape index (κ1) is 13.1. The molecule has 1 aromatic rings. The van der Waals surface area contributed by atoms with Crippen molar-refractivity contribution in [1.82, 2.24) is 4.90 Å². The summed E-state index contributed by atoms with van der Waals surface area (Å²) in [6.07, 6.45) is 0. The van der Waals surface area contributed by atoms with E-state index in [-0.39, 0.29) is 0 Å². The van der Waals surface area contributed by atoms with Gasteiger partial charge in [0.25, 0.3) is 0 Å². The summed E-state index contributed by atoms with van der Waals surface area (Å²) in [7, 11) is -0.845. The summed E-state index contributed by atoms with van der Waals surface area (Å²) in [6, 6.07) is 9.76. The van der Waals surface area contributed by atoms with E-state index in [1.165, 1.54) is 5.75 Å². The van der Waals surface area contributed by atoms with Gasteiger partial charge in [-0.15, -0.1) is 0 Å². The second-order valence-corrected chi connectivity index (χ2v) is 7.46. The predicted octanol–water partition coefficient (Wildman–Crippen LogP) is 2.23. The first-order valence-electron chi connectivity index (χ1n) is 6.03. The zero-order valence-corrected chi connectivity index (χ0v) is 11.8. The molecule has 17 heavy (non-hydrogen) atoms. The fraction of sp³-hybridized carbons (Fsp3) is 0.538. The first-order valence-corrected chi connectivity index (χ1v) is 8.40. The normalized spacial score (nSPS) is 23.5. The lowest BCUT2D eigenvalue weighted by Gasteiger charge is -2.30. The van der Waals surface area contributed by atoms with Gasteiger partial charge in [-0.05, 0) is 12.1 Å². The summed E-state index contributed by atoms with van der Waals surface area (Å²) in [4.78, 5) is 3.38. The lowest BCUT2D eigenvalue weighted by atomic mass is 10.4. The molecule has 2 nitrogen and oxygen atoms in total. The molecule has 94 valence electrons. The average molecular weight is 269 g/mol. The molecule has 1 aromatic carbocycles. The van der Waals surface area contributed by atoms with Gasteiger partial charge in [0, 0.05) is 41.3 Å². The van der Waals surface area contributed by atoms with E-state index in [0.717, 1.165) is 30.3 Å². The molecule has 1 fully saturated rings. The van der Waals surface area contributed by atoms with Crippen molar-refractivity contribution in [2.75, 3.05) is 31.1 Å². The zero-order valence-electron chi connectivity index (χ0n) is 10.2. The highest BCUT2D eigenvalue weighted by Crippen LogP contribution is 2.17. The van der Waals surface area contributed by atoms with E-state index in [1.54, 1.807) is 0 Å². The Kier molecular flexibility index (Phi) is 5.07. The maximum absolute atomic E-state index is 12.0. The molecule has 1 saturated heterocycles. The minimum Gasteiger partial charge on any atom is -0.301 e. The van der Waals surface area contributed by atoms with E-state index < -0.39 is 10.8 Å². The minimum atomic E-state index is -0.845. The average Bonchev–Trinajstić information content (AvgIpc) is 2.37. The Labute approximate surface area is 110 Å². The standard InChI is InChI=1S/C13H19NOS2/c1-12-11-14(7-9-16-12)8-10-17(15)13-5-3-2-4-6-13/h2-6,12H,7-11H2,1H3. The van der Waals surface area contributed by atoms with Crippen LogP contribution < -0.4 is 0 Å². The van der Waals surface area contributed by atoms with E-state index >= 15 is 0 Å². The second-order valence-electron chi connectivity index (χ2n) is 4.34. The summed E-state index contributed by atoms with van der Waals surface area (Å²) >= 11 is 2.03. The number of hydrogen-bond donors (Lipinski definition) is 0. The molecule has 2 unspecified atom stereocenters. The van der Waals surface area contributed by atoms with Gasteiger partial charge in [0.1, 0.15) is 0 Å². The third kappa shape index (κ3) is 4.12. The Morgan fingerprint density at radius 3 is 2.88 bits per heavy atom. The van der Waals surface area contributed by atoms with Crippen LogP contribution in [0.5, 0.6) is 0 Å². The Hall–Kier alpha value is -0.320. The molecule has 2 atom stereocenters. The molecule has 0 aliphatic carbocycles. The molecule has 0 aromatic heterocycles. The van der Waals surface area contributed by atoms with Crippen LogP contribution in [0.2, 0.25) is 0 Å². The minimum absolute atomic E-state index is 0.717. The van der Waals surface area contributed by atoms with Crippen molar-refractivity contribution in [2.24, 2.45) is 0 Å². The van der Waals surface area contributed by atoms with Gasteiger partial charge < -0.3 is 4.90 Å². The molecule has 2 rings (SSSR count). The van der Waals surface area contributed by atoms with Crippen LogP contribution in [0.1, 0.15) is 6.92 Å². The van der Waals surface area contributed by atoms with Crippen LogP contribution in [-0.2, 0) is 10.8 Å². The number of rotatable bonds is 4. The Morgan fingerprint density at radius 1 is 1.41 bits per heavy atom. The number of thioether (sulfide) groups is 1. The van der Waals surface area contributed by atoms with Gasteiger partial charge in [-0.1, -0.05) is 25.1 Å². The van der Waals surface area contributed by atoms with Gasteiger partial charge in [-0.3, -0.25) is 4.21 Å². The van der Waals surface area contributed by atoms with Gasteiger partial charge >= 0.3 is 0 Å². The van der Waals surface area contributed by atoms with Crippen molar-refractivity contribution >= 4 is 22.6 Å². The van der Waals surface area contributed by atoms with E-state index in [0.29, 0.717) is 5.25 Å². The lowest BCUT2D eigenvalue weighted by Crippen LogP contribution is -2.38. The van der Waals surface area contributed by atoms with Crippen LogP contribution in [0.4, 0.5) is 0 Å². The van der Waals surface area contributed by atoms with Crippen LogP contribution >= 0.6 is 11.8 Å². The monoisotopic (exact) mass is 269 g/mol. The summed E-state index contributed by atoms with van der Waals surface area (Å²) in [5.74, 6) is 1.96. The molecule has 0 saturated carbocycles. The van der Waals surface area contributed by atoms with E-state index in [2.05, 4.69) is 11.8 Å². The van der Waals surface area contributed by atoms with E-state index in [1.807, 2.05) is 42.1 Å². The van der Waals surface area contributed by atoms with Gasteiger partial charge in [0.2, 0.25) is 0 Å². The largest absolute Gasteiger partial charge is 0.301 e. The van der Waals surface area contributed by atoms with Crippen LogP contribution in [-0.4, -0.2) is 45.5 Å². The third-order valence-corrected chi connectivity index (χ3v) is 5.41. The summed E-state index contributed by atoms with van der Waals surface area (Å²) in [5, 5.41) is 0.717. The zero-order chi connectivity index (χ0) is 12.1. The fourth-order valence-corrected chi connectivity index (χ4v) is 4.20. The van der Waals surface area contributed by atoms with E-state index in [4.69, 9.17) is 0 Å². The first-order chi connectivity index (χ1) is 8.25. The van der Waals surface area contributed by atoms with E-state index in [9.17, 15) is 4.21 Å². The lowest BCUT2D eigenvalue weighted by molar-refractivity contribution is 0.304. The molecule has 0 amide bonds. The van der Waals surface area contributed by atoms with Gasteiger partial charge in [-0.2, -0.15) is 11.8 Å². The van der Waals surface area contributed by atoms with Crippen LogP contribution in [0.15, 0.2) is 35.2 Å². The van der Waals surface area contributed by atoms with Crippen LogP contribution in [0, 0.1) is 0 Å². The number of hydrogen-bond acceptors (Lipinski definition) is 3. The van der Waals surface area contributed by atoms with Crippen molar-refractivity contribution in [1.29, 1.82) is 0 Å². The topological polar surface area (TPSA) is 20.3 Å². The highest BCUT2D eigenvalue weighted by molar-refractivity contribution is 7.99. The van der Waals surface area contributed by atoms with Gasteiger partial charge in [0.05, 0.1) is 10.8 Å². The number of benzene rings is 1. The highest BCUT2D eigenvalue weighted by Gasteiger charge is 2.17. The van der Waals surface area contributed by atoms with Gasteiger partial charge in [0.15, 0.2) is 0 Å². The molecule has 0 spiro atoms. The smallest absolute Gasteiger partial charge is 0.0542 e. The molecule has 0 N–H and O–H groups in total. The van der Waals surface area contributed by atoms with Crippen molar-refractivity contribution < 1.29 is 4.21 Å². The molecule has 4 heteroatoms. The predicted molar refractivity (Wildman–Crippen MR) is 76.1 cm³/mol. The quantitative estimate of drug-likeness (QED) is 0.836. The molecule has 0 bridgehead atoms. The SMILES string of the molecule is CC1CN(CCS(=O)c2ccccc2)CCS1. The van der Waals surface area contributed by atoms with Gasteiger partial charge in [-0.25, -0.2) is 0 Å². The Morgan fingerprint density at radius 2 is 2.18 bits per heavy atom. The molecule has 0 radical (unpaired) electrons. The van der Waals surface area contributed by atoms with Crippen molar-refractivity contribution in [3.05, 3.63) is 30.3 Å². The molecule has 1 aliphatic rings. The second kappa shape index (κ2) is 6.57. The summed E-state index contributed by atoms with van der Waals surface area (Å²) < 4.78 is 12.0. The Balaban J connectivity index is 1.80. The van der Waals surface area contributed by atoms with Crippen molar-refractivity contribution in [3.63, 3.8) is 0 Å². The molecule has 1 heterocycles. The summed E-state index contributed by atoms with van der Waals surface area (Å²) in [5.41, 5.74) is 0. The molecule has 1 aliphatic heterocycles. The Bertz CT molecular complexity index is 369.